The molecular weight excluding hydrogens is 587 g/mol. The molecule has 0 bridgehead atoms. The van der Waals surface area contributed by atoms with Gasteiger partial charge in [-0.2, -0.15) is 0 Å². The first-order valence-electron chi connectivity index (χ1n) is 16.1. The maximum absolute atomic E-state index is 12.2. The molecule has 0 aromatic rings. The minimum absolute atomic E-state index is 0.0700. The smallest absolute Gasteiger partial charge is 0.457 e. The number of phosphoric ester groups is 1. The highest BCUT2D eigenvalue weighted by molar-refractivity contribution is 7.47. The van der Waals surface area contributed by atoms with Gasteiger partial charge in [-0.15, -0.1) is 0 Å². The van der Waals surface area contributed by atoms with Crippen molar-refractivity contribution in [1.82, 2.24) is 0 Å². The molecule has 0 aromatic carbocycles. The summed E-state index contributed by atoms with van der Waals surface area (Å²) in [4.78, 5) is 34.0. The standard InChI is InChI=1S/C33H57O10P/c1-3-5-7-9-11-13-14-15-16-17-19-21-23-25-33(37)43-31(27-35)29-41-44(38,39)40-28-30(26-34)42-32(36)24-22-20-18-12-10-8-6-4-2/h5,7,11,13,15-16,19,21,30-31,34-35H,3-4,6,8-10,12,14,17-18,20,22-29H2,1-2H3,(H,38,39)/b7-5-,13-11-,16-15-,21-19-. The van der Waals surface area contributed by atoms with E-state index in [4.69, 9.17) is 18.5 Å². The van der Waals surface area contributed by atoms with Crippen LogP contribution < -0.4 is 0 Å². The summed E-state index contributed by atoms with van der Waals surface area (Å²) in [6.07, 6.45) is 27.0. The van der Waals surface area contributed by atoms with Crippen LogP contribution in [0.25, 0.3) is 0 Å². The van der Waals surface area contributed by atoms with Crippen molar-refractivity contribution in [3.05, 3.63) is 48.6 Å². The van der Waals surface area contributed by atoms with E-state index >= 15 is 0 Å². The largest absolute Gasteiger partial charge is 0.472 e. The van der Waals surface area contributed by atoms with Crippen LogP contribution in [0.3, 0.4) is 0 Å². The van der Waals surface area contributed by atoms with Crippen molar-refractivity contribution in [2.24, 2.45) is 0 Å². The Morgan fingerprint density at radius 3 is 1.55 bits per heavy atom. The molecule has 0 amide bonds. The number of aliphatic hydroxyl groups excluding tert-OH is 2. The summed E-state index contributed by atoms with van der Waals surface area (Å²) in [6.45, 7) is 1.91. The van der Waals surface area contributed by atoms with Gasteiger partial charge in [0, 0.05) is 12.8 Å². The van der Waals surface area contributed by atoms with Crippen LogP contribution in [0.2, 0.25) is 0 Å². The fourth-order valence-electron chi connectivity index (χ4n) is 3.83. The predicted molar refractivity (Wildman–Crippen MR) is 173 cm³/mol. The molecule has 10 nitrogen and oxygen atoms in total. The first-order chi connectivity index (χ1) is 21.3. The molecule has 0 saturated heterocycles. The van der Waals surface area contributed by atoms with E-state index in [1.807, 2.05) is 18.2 Å². The number of carbonyl (C=O) groups is 2. The van der Waals surface area contributed by atoms with E-state index in [9.17, 15) is 29.3 Å². The molecule has 3 atom stereocenters. The first kappa shape index (κ1) is 41.9. The average molecular weight is 645 g/mol. The summed E-state index contributed by atoms with van der Waals surface area (Å²) in [7, 11) is -4.64. The normalized spacial score (nSPS) is 14.9. The highest BCUT2D eigenvalue weighted by atomic mass is 31.2. The molecule has 0 saturated carbocycles. The minimum atomic E-state index is -4.64. The molecule has 0 spiro atoms. The summed E-state index contributed by atoms with van der Waals surface area (Å²) < 4.78 is 32.1. The lowest BCUT2D eigenvalue weighted by atomic mass is 10.1. The number of carbonyl (C=O) groups excluding carboxylic acids is 2. The lowest BCUT2D eigenvalue weighted by molar-refractivity contribution is -0.153. The van der Waals surface area contributed by atoms with Crippen LogP contribution in [0.4, 0.5) is 0 Å². The van der Waals surface area contributed by atoms with E-state index < -0.39 is 58.4 Å². The molecule has 0 aliphatic carbocycles. The molecule has 0 heterocycles. The van der Waals surface area contributed by atoms with Crippen molar-refractivity contribution < 1.29 is 47.8 Å². The number of aliphatic hydroxyl groups is 2. The maximum atomic E-state index is 12.2. The molecule has 3 N–H and O–H groups in total. The van der Waals surface area contributed by atoms with Gasteiger partial charge in [-0.25, -0.2) is 4.57 Å². The second-order valence-corrected chi connectivity index (χ2v) is 11.9. The van der Waals surface area contributed by atoms with Crippen molar-refractivity contribution in [3.8, 4) is 0 Å². The lowest BCUT2D eigenvalue weighted by Gasteiger charge is -2.20. The monoisotopic (exact) mass is 644 g/mol. The Balaban J connectivity index is 4.18. The number of unbranched alkanes of at least 4 members (excludes halogenated alkanes) is 7. The van der Waals surface area contributed by atoms with Crippen LogP contribution in [-0.2, 0) is 32.7 Å². The molecule has 3 unspecified atom stereocenters. The molecule has 0 aliphatic rings. The summed E-state index contributed by atoms with van der Waals surface area (Å²) in [5, 5.41) is 18.9. The second-order valence-electron chi connectivity index (χ2n) is 10.4. The van der Waals surface area contributed by atoms with Crippen LogP contribution in [-0.4, -0.2) is 65.7 Å². The Hall–Kier alpha value is -2.07. The number of allylic oxidation sites excluding steroid dienone is 8. The summed E-state index contributed by atoms with van der Waals surface area (Å²) >= 11 is 0. The Bertz CT molecular complexity index is 884. The van der Waals surface area contributed by atoms with Crippen LogP contribution in [0, 0.1) is 0 Å². The van der Waals surface area contributed by atoms with Crippen molar-refractivity contribution in [3.63, 3.8) is 0 Å². The van der Waals surface area contributed by atoms with Gasteiger partial charge in [0.25, 0.3) is 0 Å². The SMILES string of the molecule is CC/C=C\C/C=C\C/C=C\C/C=C\CCC(=O)OC(CO)COP(=O)(O)OCC(CO)OC(=O)CCCCCCCCCC. The molecule has 0 rings (SSSR count). The fourth-order valence-corrected chi connectivity index (χ4v) is 4.62. The number of ether oxygens (including phenoxy) is 2. The Kier molecular flexibility index (Phi) is 28.2. The molecule has 0 fully saturated rings. The third kappa shape index (κ3) is 27.5. The topological polar surface area (TPSA) is 149 Å². The molecule has 0 aromatic heterocycles. The maximum Gasteiger partial charge on any atom is 0.472 e. The van der Waals surface area contributed by atoms with Gasteiger partial charge in [-0.3, -0.25) is 18.6 Å². The van der Waals surface area contributed by atoms with Gasteiger partial charge < -0.3 is 24.6 Å². The Morgan fingerprint density at radius 2 is 1.07 bits per heavy atom. The zero-order valence-corrected chi connectivity index (χ0v) is 27.7. The van der Waals surface area contributed by atoms with Gasteiger partial charge in [0.2, 0.25) is 0 Å². The quantitative estimate of drug-likeness (QED) is 0.0335. The van der Waals surface area contributed by atoms with Gasteiger partial charge in [0.05, 0.1) is 26.4 Å². The second kappa shape index (κ2) is 29.6. The fraction of sp³-hybridized carbons (Fsp3) is 0.697. The molecule has 44 heavy (non-hydrogen) atoms. The van der Waals surface area contributed by atoms with Crippen molar-refractivity contribution in [1.29, 1.82) is 0 Å². The van der Waals surface area contributed by atoms with E-state index in [1.54, 1.807) is 0 Å². The summed E-state index contributed by atoms with van der Waals surface area (Å²) in [5.41, 5.74) is 0. The highest BCUT2D eigenvalue weighted by Crippen LogP contribution is 2.43. The van der Waals surface area contributed by atoms with Gasteiger partial charge in [-0.1, -0.05) is 107 Å². The van der Waals surface area contributed by atoms with Crippen molar-refractivity contribution >= 4 is 19.8 Å². The predicted octanol–water partition coefficient (Wildman–Crippen LogP) is 7.04. The highest BCUT2D eigenvalue weighted by Gasteiger charge is 2.27. The number of hydrogen-bond acceptors (Lipinski definition) is 9. The molecule has 0 radical (unpaired) electrons. The van der Waals surface area contributed by atoms with Crippen molar-refractivity contribution in [2.45, 2.75) is 122 Å². The number of hydrogen-bond donors (Lipinski definition) is 3. The van der Waals surface area contributed by atoms with E-state index in [1.165, 1.54) is 25.7 Å². The number of phosphoric acid groups is 1. The van der Waals surface area contributed by atoms with Crippen molar-refractivity contribution in [2.75, 3.05) is 26.4 Å². The average Bonchev–Trinajstić information content (AvgIpc) is 3.01. The van der Waals surface area contributed by atoms with E-state index in [0.717, 1.165) is 44.9 Å². The van der Waals surface area contributed by atoms with E-state index in [-0.39, 0.29) is 12.8 Å². The van der Waals surface area contributed by atoms with Crippen LogP contribution in [0.1, 0.15) is 110 Å². The lowest BCUT2D eigenvalue weighted by Crippen LogP contribution is -2.28. The Labute approximate surface area is 264 Å². The molecular formula is C33H57O10P. The third-order valence-electron chi connectivity index (χ3n) is 6.32. The van der Waals surface area contributed by atoms with Crippen LogP contribution in [0.15, 0.2) is 48.6 Å². The number of rotatable bonds is 29. The van der Waals surface area contributed by atoms with Gasteiger partial charge in [0.1, 0.15) is 12.2 Å². The molecule has 11 heteroatoms. The zero-order valence-electron chi connectivity index (χ0n) is 26.9. The third-order valence-corrected chi connectivity index (χ3v) is 7.27. The van der Waals surface area contributed by atoms with Crippen LogP contribution >= 0.6 is 7.82 Å². The van der Waals surface area contributed by atoms with Crippen LogP contribution in [0.5, 0.6) is 0 Å². The summed E-state index contributed by atoms with van der Waals surface area (Å²) in [5.74, 6) is -1.11. The molecule has 0 aliphatic heterocycles. The summed E-state index contributed by atoms with van der Waals surface area (Å²) in [6, 6.07) is 0. The minimum Gasteiger partial charge on any atom is -0.457 e. The van der Waals surface area contributed by atoms with Gasteiger partial charge >= 0.3 is 19.8 Å². The first-order valence-corrected chi connectivity index (χ1v) is 17.6. The molecule has 254 valence electrons. The van der Waals surface area contributed by atoms with E-state index in [0.29, 0.717) is 12.8 Å². The number of esters is 2. The van der Waals surface area contributed by atoms with E-state index in [2.05, 4.69) is 44.2 Å². The van der Waals surface area contributed by atoms with Gasteiger partial charge in [0.15, 0.2) is 0 Å². The Morgan fingerprint density at radius 1 is 0.636 bits per heavy atom. The van der Waals surface area contributed by atoms with Gasteiger partial charge in [-0.05, 0) is 38.5 Å². The zero-order chi connectivity index (χ0) is 32.7.